The van der Waals surface area contributed by atoms with E-state index in [1.54, 1.807) is 0 Å². The van der Waals surface area contributed by atoms with Crippen LogP contribution in [0.4, 0.5) is 0 Å². The molecule has 0 aliphatic carbocycles. The van der Waals surface area contributed by atoms with Gasteiger partial charge in [-0.1, -0.05) is 270 Å². The maximum Gasteiger partial charge on any atom is 0.306 e. The lowest BCUT2D eigenvalue weighted by Gasteiger charge is -2.18. The molecule has 0 aromatic heterocycles. The molecule has 0 saturated heterocycles. The molecule has 0 fully saturated rings. The predicted molar refractivity (Wildman–Crippen MR) is 343 cm³/mol. The molecule has 0 amide bonds. The van der Waals surface area contributed by atoms with Crippen LogP contribution in [0.2, 0.25) is 0 Å². The topological polar surface area (TPSA) is 78.9 Å². The van der Waals surface area contributed by atoms with Gasteiger partial charge < -0.3 is 14.2 Å². The fourth-order valence-corrected chi connectivity index (χ4v) is 8.79. The van der Waals surface area contributed by atoms with E-state index in [0.717, 1.165) is 128 Å². The second-order valence-electron chi connectivity index (χ2n) is 21.3. The van der Waals surface area contributed by atoms with Crippen molar-refractivity contribution in [1.29, 1.82) is 0 Å². The van der Waals surface area contributed by atoms with Crippen LogP contribution in [0.3, 0.4) is 0 Å². The fourth-order valence-electron chi connectivity index (χ4n) is 8.79. The number of carbonyl (C=O) groups is 3. The van der Waals surface area contributed by atoms with E-state index in [4.69, 9.17) is 14.2 Å². The molecule has 0 bridgehead atoms. The van der Waals surface area contributed by atoms with E-state index in [2.05, 4.69) is 154 Å². The Balaban J connectivity index is 4.33. The summed E-state index contributed by atoms with van der Waals surface area (Å²) < 4.78 is 16.9. The number of unbranched alkanes of at least 4 members (excludes halogenated alkanes) is 25. The van der Waals surface area contributed by atoms with E-state index in [-0.39, 0.29) is 31.1 Å². The van der Waals surface area contributed by atoms with Crippen molar-refractivity contribution in [2.45, 2.75) is 297 Å². The van der Waals surface area contributed by atoms with Gasteiger partial charge in [-0.25, -0.2) is 0 Å². The third kappa shape index (κ3) is 64.3. The maximum absolute atomic E-state index is 12.9. The average Bonchev–Trinajstić information content (AvgIpc) is 3.45. The Morgan fingerprint density at radius 2 is 0.494 bits per heavy atom. The van der Waals surface area contributed by atoms with Crippen LogP contribution in [-0.2, 0) is 28.6 Å². The molecule has 1 unspecified atom stereocenters. The summed E-state index contributed by atoms with van der Waals surface area (Å²) in [4.78, 5) is 38.3. The number of allylic oxidation sites excluding steroid dienone is 22. The van der Waals surface area contributed by atoms with Crippen LogP contribution >= 0.6 is 0 Å². The zero-order valence-electron chi connectivity index (χ0n) is 51.3. The van der Waals surface area contributed by atoms with Gasteiger partial charge in [0.05, 0.1) is 0 Å². The number of esters is 3. The van der Waals surface area contributed by atoms with Crippen molar-refractivity contribution in [3.8, 4) is 0 Å². The summed E-state index contributed by atoms with van der Waals surface area (Å²) in [5.74, 6) is -0.929. The van der Waals surface area contributed by atoms with Crippen LogP contribution in [0.1, 0.15) is 290 Å². The number of carbonyl (C=O) groups excluding carboxylic acids is 3. The van der Waals surface area contributed by atoms with Gasteiger partial charge in [-0.05, 0) is 135 Å². The Labute approximate surface area is 487 Å². The van der Waals surface area contributed by atoms with Crippen molar-refractivity contribution >= 4 is 17.9 Å². The molecule has 0 aliphatic heterocycles. The van der Waals surface area contributed by atoms with E-state index in [0.29, 0.717) is 19.3 Å². The van der Waals surface area contributed by atoms with Crippen molar-refractivity contribution in [2.24, 2.45) is 0 Å². The molecule has 79 heavy (non-hydrogen) atoms. The van der Waals surface area contributed by atoms with Crippen molar-refractivity contribution in [1.82, 2.24) is 0 Å². The van der Waals surface area contributed by atoms with Gasteiger partial charge in [0, 0.05) is 19.3 Å². The summed E-state index contributed by atoms with van der Waals surface area (Å²) in [5, 5.41) is 0. The molecular weight excluding hydrogens is 973 g/mol. The molecule has 0 spiro atoms. The minimum absolute atomic E-state index is 0.0942. The molecule has 0 radical (unpaired) electrons. The third-order valence-electron chi connectivity index (χ3n) is 13.6. The highest BCUT2D eigenvalue weighted by molar-refractivity contribution is 5.71. The summed E-state index contributed by atoms with van der Waals surface area (Å²) in [6.45, 7) is 6.37. The largest absolute Gasteiger partial charge is 0.462 e. The molecule has 0 N–H and O–H groups in total. The van der Waals surface area contributed by atoms with Crippen LogP contribution in [0.15, 0.2) is 134 Å². The summed E-state index contributed by atoms with van der Waals surface area (Å²) in [6, 6.07) is 0. The van der Waals surface area contributed by atoms with Gasteiger partial charge in [0.25, 0.3) is 0 Å². The quantitative estimate of drug-likeness (QED) is 0.0261. The number of ether oxygens (including phenoxy) is 3. The normalized spacial score (nSPS) is 13.0. The highest BCUT2D eigenvalue weighted by atomic mass is 16.6. The van der Waals surface area contributed by atoms with Gasteiger partial charge >= 0.3 is 17.9 Å². The molecular formula is C73H120O6. The molecule has 0 saturated carbocycles. The zero-order valence-corrected chi connectivity index (χ0v) is 51.3. The summed E-state index contributed by atoms with van der Waals surface area (Å²) >= 11 is 0. The van der Waals surface area contributed by atoms with Crippen LogP contribution in [0, 0.1) is 0 Å². The highest BCUT2D eigenvalue weighted by Crippen LogP contribution is 2.15. The lowest BCUT2D eigenvalue weighted by molar-refractivity contribution is -0.167. The lowest BCUT2D eigenvalue weighted by atomic mass is 10.1. The first-order valence-corrected chi connectivity index (χ1v) is 32.7. The van der Waals surface area contributed by atoms with Gasteiger partial charge in [-0.2, -0.15) is 0 Å². The van der Waals surface area contributed by atoms with Crippen molar-refractivity contribution in [3.05, 3.63) is 134 Å². The second-order valence-corrected chi connectivity index (χ2v) is 21.3. The molecule has 0 heterocycles. The molecule has 0 aromatic carbocycles. The van der Waals surface area contributed by atoms with Crippen molar-refractivity contribution in [3.63, 3.8) is 0 Å². The summed E-state index contributed by atoms with van der Waals surface area (Å²) in [5.41, 5.74) is 0. The summed E-state index contributed by atoms with van der Waals surface area (Å²) in [7, 11) is 0. The smallest absolute Gasteiger partial charge is 0.306 e. The second kappa shape index (κ2) is 66.1. The Morgan fingerprint density at radius 1 is 0.266 bits per heavy atom. The number of hydrogen-bond donors (Lipinski definition) is 0. The summed E-state index contributed by atoms with van der Waals surface area (Å²) in [6.07, 6.45) is 93.2. The van der Waals surface area contributed by atoms with E-state index in [9.17, 15) is 14.4 Å². The zero-order chi connectivity index (χ0) is 57.1. The third-order valence-corrected chi connectivity index (χ3v) is 13.6. The first-order valence-electron chi connectivity index (χ1n) is 32.7. The number of hydrogen-bond acceptors (Lipinski definition) is 6. The monoisotopic (exact) mass is 1090 g/mol. The Morgan fingerprint density at radius 3 is 0.785 bits per heavy atom. The Kier molecular flexibility index (Phi) is 62.3. The van der Waals surface area contributed by atoms with Crippen LogP contribution < -0.4 is 0 Å². The van der Waals surface area contributed by atoms with Crippen LogP contribution in [0.5, 0.6) is 0 Å². The van der Waals surface area contributed by atoms with Crippen LogP contribution in [0.25, 0.3) is 0 Å². The molecule has 6 heteroatoms. The molecule has 6 nitrogen and oxygen atoms in total. The van der Waals surface area contributed by atoms with Gasteiger partial charge in [0.1, 0.15) is 13.2 Å². The maximum atomic E-state index is 12.9. The van der Waals surface area contributed by atoms with E-state index in [1.165, 1.54) is 122 Å². The molecule has 0 aliphatic rings. The van der Waals surface area contributed by atoms with Gasteiger partial charge in [-0.15, -0.1) is 0 Å². The number of rotatable bonds is 58. The molecule has 1 atom stereocenters. The van der Waals surface area contributed by atoms with Crippen LogP contribution in [-0.4, -0.2) is 37.2 Å². The standard InChI is InChI=1S/C73H120O6/c1-4-7-10-13-16-19-22-25-27-29-31-32-33-34-35-36-37-38-39-40-42-43-45-48-51-54-57-60-63-66-72(75)78-69-70(68-77-71(74)65-62-59-56-53-50-47-24-21-18-15-12-9-6-3)79-73(76)67-64-61-58-55-52-49-46-44-41-30-28-26-23-20-17-14-11-8-5-2/h7,9-10,12,16-21,25-28,31-32,34-35,37-38,47,50,70H,4-6,8,11,13-15,22-24,29-30,33,36,39-46,48-49,51-69H2,1-3H3/b10-7-,12-9-,19-16-,20-17-,21-18-,27-25-,28-26-,32-31-,35-34-,38-37-,50-47-. The first kappa shape index (κ1) is 74.5. The van der Waals surface area contributed by atoms with E-state index < -0.39 is 6.10 Å². The van der Waals surface area contributed by atoms with Gasteiger partial charge in [0.2, 0.25) is 0 Å². The SMILES string of the molecule is CC/C=C\C/C=C\C/C=C\C/C=C\C/C=C\C/C=C\CCCCCCCCCCCCC(=O)OCC(COC(=O)CCCCC/C=C\C/C=C\C/C=C\CC)OC(=O)CCCCCCCCCCC/C=C\C/C=C\CCCCC. The van der Waals surface area contributed by atoms with E-state index >= 15 is 0 Å². The van der Waals surface area contributed by atoms with E-state index in [1.807, 2.05) is 0 Å². The predicted octanol–water partition coefficient (Wildman–Crippen LogP) is 22.5. The average molecular weight is 1090 g/mol. The Hall–Kier alpha value is -4.45. The minimum Gasteiger partial charge on any atom is -0.462 e. The fraction of sp³-hybridized carbons (Fsp3) is 0.658. The molecule has 448 valence electrons. The first-order chi connectivity index (χ1) is 39.0. The van der Waals surface area contributed by atoms with Crippen molar-refractivity contribution in [2.75, 3.05) is 13.2 Å². The molecule has 0 rings (SSSR count). The van der Waals surface area contributed by atoms with Gasteiger partial charge in [0.15, 0.2) is 6.10 Å². The molecule has 0 aromatic rings. The van der Waals surface area contributed by atoms with Gasteiger partial charge in [-0.3, -0.25) is 14.4 Å². The van der Waals surface area contributed by atoms with Crippen molar-refractivity contribution < 1.29 is 28.6 Å². The minimum atomic E-state index is -0.799. The lowest BCUT2D eigenvalue weighted by Crippen LogP contribution is -2.30. The Bertz CT molecular complexity index is 1680. The highest BCUT2D eigenvalue weighted by Gasteiger charge is 2.19.